The van der Waals surface area contributed by atoms with Crippen LogP contribution in [0.3, 0.4) is 0 Å². The summed E-state index contributed by atoms with van der Waals surface area (Å²) in [6, 6.07) is -1.38. The third kappa shape index (κ3) is 3.74. The van der Waals surface area contributed by atoms with Crippen LogP contribution in [0.1, 0.15) is 27.2 Å². The lowest BCUT2D eigenvalue weighted by atomic mass is 9.99. The molecule has 4 N–H and O–H groups in total. The molecular weight excluding hydrogens is 184 g/mol. The van der Waals surface area contributed by atoms with Crippen molar-refractivity contribution in [3.8, 4) is 0 Å². The summed E-state index contributed by atoms with van der Waals surface area (Å²) in [5.41, 5.74) is 3.51. The highest BCUT2D eigenvalue weighted by Crippen LogP contribution is 2.06. The summed E-state index contributed by atoms with van der Waals surface area (Å²) < 4.78 is 0. The molecule has 0 aliphatic heterocycles. The number of quaternary nitrogens is 1. The van der Waals surface area contributed by atoms with E-state index in [9.17, 15) is 14.7 Å². The van der Waals surface area contributed by atoms with Gasteiger partial charge in [0, 0.05) is 0 Å². The van der Waals surface area contributed by atoms with Crippen molar-refractivity contribution in [3.05, 3.63) is 0 Å². The van der Waals surface area contributed by atoms with Gasteiger partial charge in [-0.25, -0.2) is 0 Å². The van der Waals surface area contributed by atoms with E-state index >= 15 is 0 Å². The molecular formula is C9H18N2O3. The van der Waals surface area contributed by atoms with Crippen molar-refractivity contribution in [3.63, 3.8) is 0 Å². The first kappa shape index (κ1) is 12.9. The van der Waals surface area contributed by atoms with E-state index in [2.05, 4.69) is 11.1 Å². The zero-order chi connectivity index (χ0) is 11.3. The topological polar surface area (TPSA) is 96.9 Å². The fourth-order valence-electron chi connectivity index (χ4n) is 0.965. The third-order valence-electron chi connectivity index (χ3n) is 2.21. The number of carbonyl (C=O) groups is 2. The summed E-state index contributed by atoms with van der Waals surface area (Å²) >= 11 is 0. The van der Waals surface area contributed by atoms with Gasteiger partial charge in [0.1, 0.15) is 0 Å². The van der Waals surface area contributed by atoms with Crippen LogP contribution >= 0.6 is 0 Å². The smallest absolute Gasteiger partial charge is 0.278 e. The highest BCUT2D eigenvalue weighted by molar-refractivity contribution is 5.85. The monoisotopic (exact) mass is 202 g/mol. The highest BCUT2D eigenvalue weighted by Gasteiger charge is 2.21. The Morgan fingerprint density at radius 2 is 1.93 bits per heavy atom. The van der Waals surface area contributed by atoms with Crippen molar-refractivity contribution in [2.24, 2.45) is 5.92 Å². The fourth-order valence-corrected chi connectivity index (χ4v) is 0.965. The van der Waals surface area contributed by atoms with Crippen LogP contribution in [0.25, 0.3) is 0 Å². The molecule has 5 nitrogen and oxygen atoms in total. The van der Waals surface area contributed by atoms with Gasteiger partial charge in [0.15, 0.2) is 6.04 Å². The maximum absolute atomic E-state index is 11.2. The average molecular weight is 202 g/mol. The molecule has 0 saturated carbocycles. The molecule has 14 heavy (non-hydrogen) atoms. The second-order valence-corrected chi connectivity index (χ2v) is 3.59. The van der Waals surface area contributed by atoms with Gasteiger partial charge in [-0.05, 0) is 12.8 Å². The van der Waals surface area contributed by atoms with E-state index in [0.29, 0.717) is 6.42 Å². The summed E-state index contributed by atoms with van der Waals surface area (Å²) in [5.74, 6) is -1.74. The van der Waals surface area contributed by atoms with Crippen LogP contribution < -0.4 is 16.2 Å². The minimum Gasteiger partial charge on any atom is -0.548 e. The largest absolute Gasteiger partial charge is 0.548 e. The molecule has 0 aromatic heterocycles. The molecule has 0 heterocycles. The molecule has 0 aliphatic rings. The molecule has 0 saturated heterocycles. The Morgan fingerprint density at radius 3 is 2.21 bits per heavy atom. The van der Waals surface area contributed by atoms with Gasteiger partial charge in [-0.2, -0.15) is 0 Å². The molecule has 0 radical (unpaired) electrons. The number of amides is 1. The number of rotatable bonds is 5. The normalized spacial score (nSPS) is 16.9. The van der Waals surface area contributed by atoms with Crippen LogP contribution in [0, 0.1) is 5.92 Å². The molecule has 0 unspecified atom stereocenters. The molecule has 0 aromatic rings. The lowest BCUT2D eigenvalue weighted by Gasteiger charge is -2.25. The Labute approximate surface area is 83.7 Å². The van der Waals surface area contributed by atoms with Crippen LogP contribution in [0.15, 0.2) is 0 Å². The third-order valence-corrected chi connectivity index (χ3v) is 2.21. The van der Waals surface area contributed by atoms with E-state index in [1.807, 2.05) is 6.92 Å². The molecule has 0 rings (SSSR count). The second-order valence-electron chi connectivity index (χ2n) is 3.59. The molecule has 1 amide bonds. The maximum atomic E-state index is 11.2. The minimum absolute atomic E-state index is 0.136. The number of carboxylic acids is 1. The quantitative estimate of drug-likeness (QED) is 0.534. The zero-order valence-corrected chi connectivity index (χ0v) is 8.87. The van der Waals surface area contributed by atoms with Gasteiger partial charge in [-0.3, -0.25) is 4.79 Å². The van der Waals surface area contributed by atoms with Gasteiger partial charge in [-0.1, -0.05) is 20.3 Å². The number of hydrogen-bond donors (Lipinski definition) is 2. The summed E-state index contributed by atoms with van der Waals surface area (Å²) in [6.45, 7) is 5.23. The Balaban J connectivity index is 4.38. The van der Waals surface area contributed by atoms with Crippen molar-refractivity contribution < 1.29 is 20.4 Å². The van der Waals surface area contributed by atoms with Gasteiger partial charge < -0.3 is 21.0 Å². The van der Waals surface area contributed by atoms with Gasteiger partial charge >= 0.3 is 0 Å². The number of nitrogens with one attached hydrogen (secondary N) is 1. The number of hydrogen-bond acceptors (Lipinski definition) is 3. The van der Waals surface area contributed by atoms with Crippen LogP contribution in [-0.4, -0.2) is 24.0 Å². The summed E-state index contributed by atoms with van der Waals surface area (Å²) in [5, 5.41) is 13.1. The first-order chi connectivity index (χ1) is 6.40. The highest BCUT2D eigenvalue weighted by atomic mass is 16.4. The Morgan fingerprint density at radius 1 is 1.43 bits per heavy atom. The van der Waals surface area contributed by atoms with E-state index < -0.39 is 18.1 Å². The number of carbonyl (C=O) groups excluding carboxylic acids is 2. The number of carboxylic acid groups (broad SMARTS) is 1. The van der Waals surface area contributed by atoms with Crippen LogP contribution in [0.2, 0.25) is 0 Å². The van der Waals surface area contributed by atoms with E-state index in [4.69, 9.17) is 0 Å². The summed E-state index contributed by atoms with van der Waals surface area (Å²) in [4.78, 5) is 21.9. The van der Waals surface area contributed by atoms with Gasteiger partial charge in [0.2, 0.25) is 0 Å². The van der Waals surface area contributed by atoms with Gasteiger partial charge in [0.05, 0.1) is 12.0 Å². The average Bonchev–Trinajstić information content (AvgIpc) is 2.11. The fraction of sp³-hybridized carbons (Fsp3) is 0.778. The second kappa shape index (κ2) is 5.59. The Hall–Kier alpha value is -1.10. The van der Waals surface area contributed by atoms with Crippen molar-refractivity contribution in [1.29, 1.82) is 0 Å². The Bertz CT molecular complexity index is 216. The van der Waals surface area contributed by atoms with Crippen molar-refractivity contribution in [2.45, 2.75) is 39.3 Å². The van der Waals surface area contributed by atoms with Crippen LogP contribution in [-0.2, 0) is 9.59 Å². The van der Waals surface area contributed by atoms with Crippen LogP contribution in [0.4, 0.5) is 0 Å². The number of aliphatic carboxylic acids is 1. The van der Waals surface area contributed by atoms with E-state index in [1.165, 1.54) is 0 Å². The van der Waals surface area contributed by atoms with Crippen LogP contribution in [0.5, 0.6) is 0 Å². The maximum Gasteiger partial charge on any atom is 0.278 e. The van der Waals surface area contributed by atoms with Crippen molar-refractivity contribution >= 4 is 11.9 Å². The lowest BCUT2D eigenvalue weighted by molar-refractivity contribution is -0.398. The lowest BCUT2D eigenvalue weighted by Crippen LogP contribution is -2.68. The molecule has 5 heteroatoms. The van der Waals surface area contributed by atoms with E-state index in [1.54, 1.807) is 13.8 Å². The Kier molecular flexibility index (Phi) is 5.15. The van der Waals surface area contributed by atoms with Gasteiger partial charge in [-0.15, -0.1) is 0 Å². The summed E-state index contributed by atoms with van der Waals surface area (Å²) in [6.07, 6.45) is 0.671. The minimum atomic E-state index is -1.24. The molecule has 0 bridgehead atoms. The molecule has 3 atom stereocenters. The summed E-state index contributed by atoms with van der Waals surface area (Å²) in [7, 11) is 0. The first-order valence-electron chi connectivity index (χ1n) is 4.74. The zero-order valence-electron chi connectivity index (χ0n) is 8.87. The van der Waals surface area contributed by atoms with Gasteiger partial charge in [0.25, 0.3) is 5.91 Å². The molecule has 0 spiro atoms. The molecule has 0 fully saturated rings. The predicted molar refractivity (Wildman–Crippen MR) is 48.7 cm³/mol. The van der Waals surface area contributed by atoms with Crippen molar-refractivity contribution in [1.82, 2.24) is 5.32 Å². The van der Waals surface area contributed by atoms with E-state index in [-0.39, 0.29) is 11.8 Å². The first-order valence-corrected chi connectivity index (χ1v) is 4.74. The molecule has 82 valence electrons. The predicted octanol–water partition coefficient (Wildman–Crippen LogP) is -2.10. The molecule has 0 aliphatic carbocycles. The SMILES string of the molecule is CC[C@@H](C)[C@@H](NC(=O)[C@@H](C)[NH3+])C(=O)[O-]. The standard InChI is InChI=1S/C9H18N2O3/c1-4-5(2)7(9(13)14)11-8(12)6(3)10/h5-7H,4,10H2,1-3H3,(H,11,12)(H,13,14)/t5-,6-,7-/m1/s1. The van der Waals surface area contributed by atoms with Crippen molar-refractivity contribution in [2.75, 3.05) is 0 Å². The molecule has 0 aromatic carbocycles. The van der Waals surface area contributed by atoms with E-state index in [0.717, 1.165) is 0 Å².